The Hall–Kier alpha value is -3.63. The zero-order valence-electron chi connectivity index (χ0n) is 33.4. The van der Waals surface area contributed by atoms with Crippen molar-refractivity contribution in [2.75, 3.05) is 46.8 Å². The van der Waals surface area contributed by atoms with Gasteiger partial charge in [-0.3, -0.25) is 28.8 Å². The average molecular weight is 765 g/mol. The Bertz CT molecular complexity index is 1230. The van der Waals surface area contributed by atoms with Gasteiger partial charge in [-0.15, -0.1) is 0 Å². The highest BCUT2D eigenvalue weighted by Gasteiger charge is 2.35. The monoisotopic (exact) mass is 765 g/mol. The number of unbranched alkanes of at least 4 members (excludes halogenated alkanes) is 3. The summed E-state index contributed by atoms with van der Waals surface area (Å²) in [5, 5.41) is 16.6. The molecule has 2 rings (SSSR count). The number of aldehydes is 1. The molecule has 1 saturated heterocycles. The van der Waals surface area contributed by atoms with E-state index in [1.165, 1.54) is 4.90 Å². The second-order valence-electron chi connectivity index (χ2n) is 15.3. The number of nitrogens with one attached hydrogen (secondary N) is 6. The molecule has 0 radical (unpaired) electrons. The van der Waals surface area contributed by atoms with Gasteiger partial charge in [0.1, 0.15) is 31.0 Å². The van der Waals surface area contributed by atoms with Crippen LogP contribution in [0.25, 0.3) is 0 Å². The molecule has 5 amide bonds. The lowest BCUT2D eigenvalue weighted by Gasteiger charge is -2.31. The minimum Gasteiger partial charge on any atom is -0.460 e. The molecule has 5 unspecified atom stereocenters. The van der Waals surface area contributed by atoms with Crippen molar-refractivity contribution >= 4 is 41.8 Å². The Labute approximate surface area is 321 Å². The minimum absolute atomic E-state index is 0.121. The van der Waals surface area contributed by atoms with E-state index in [1.807, 2.05) is 13.8 Å². The summed E-state index contributed by atoms with van der Waals surface area (Å²) in [6.07, 6.45) is 9.39. The van der Waals surface area contributed by atoms with Gasteiger partial charge in [0.05, 0.1) is 23.9 Å². The van der Waals surface area contributed by atoms with Crippen LogP contribution in [0.2, 0.25) is 0 Å². The van der Waals surface area contributed by atoms with Crippen molar-refractivity contribution in [2.45, 2.75) is 129 Å². The van der Waals surface area contributed by atoms with E-state index >= 15 is 0 Å². The molecule has 0 aromatic heterocycles. The number of carbonyl (C=O) groups excluding carboxylic acids is 7. The fraction of sp³-hybridized carbons (Fsp3) is 0.816. The first-order valence-corrected chi connectivity index (χ1v) is 19.9. The van der Waals surface area contributed by atoms with Gasteiger partial charge in [-0.2, -0.15) is 0 Å². The van der Waals surface area contributed by atoms with Gasteiger partial charge in [-0.05, 0) is 51.0 Å². The number of esters is 1. The van der Waals surface area contributed by atoms with Gasteiger partial charge >= 0.3 is 5.97 Å². The molecule has 8 N–H and O–H groups in total. The molecule has 54 heavy (non-hydrogen) atoms. The molecule has 1 aliphatic carbocycles. The average Bonchev–Trinajstić information content (AvgIpc) is 3.13. The van der Waals surface area contributed by atoms with Crippen molar-refractivity contribution in [3.63, 3.8) is 0 Å². The SMILES string of the molecule is CCCCCC[C@H](OC(=O)CNC(=O)C(CNC(=O)C1CNC1)NC(=O)C(CN)NC(=O)C(NC)C1CCCCC1)C(C)C(=O)N(C)C(C=O)CC(C)C. The maximum Gasteiger partial charge on any atom is 0.325 e. The molecule has 2 fully saturated rings. The summed E-state index contributed by atoms with van der Waals surface area (Å²) in [5.74, 6) is -3.99. The van der Waals surface area contributed by atoms with Gasteiger partial charge < -0.3 is 52.1 Å². The van der Waals surface area contributed by atoms with Gasteiger partial charge in [0.25, 0.3) is 0 Å². The number of nitrogens with zero attached hydrogens (tertiary/aromatic N) is 1. The van der Waals surface area contributed by atoms with Crippen molar-refractivity contribution in [3.05, 3.63) is 0 Å². The number of ether oxygens (including phenoxy) is 1. The molecule has 16 nitrogen and oxygen atoms in total. The van der Waals surface area contributed by atoms with E-state index in [0.717, 1.165) is 57.7 Å². The van der Waals surface area contributed by atoms with Gasteiger partial charge in [0.15, 0.2) is 0 Å². The number of amides is 5. The van der Waals surface area contributed by atoms with Crippen LogP contribution in [0, 0.1) is 23.7 Å². The lowest BCUT2D eigenvalue weighted by Crippen LogP contribution is -2.61. The first kappa shape index (κ1) is 46.5. The molecular formula is C38H68N8O8. The van der Waals surface area contributed by atoms with Crippen molar-refractivity contribution in [1.82, 2.24) is 36.8 Å². The third-order valence-electron chi connectivity index (χ3n) is 10.5. The Kier molecular flexibility index (Phi) is 21.3. The van der Waals surface area contributed by atoms with Crippen LogP contribution in [-0.2, 0) is 38.3 Å². The van der Waals surface area contributed by atoms with Crippen LogP contribution in [-0.4, -0.2) is 124 Å². The molecule has 1 heterocycles. The van der Waals surface area contributed by atoms with E-state index in [2.05, 4.69) is 38.8 Å². The van der Waals surface area contributed by atoms with Crippen LogP contribution in [0.1, 0.15) is 98.3 Å². The summed E-state index contributed by atoms with van der Waals surface area (Å²) in [6, 6.07) is -3.59. The first-order valence-electron chi connectivity index (χ1n) is 19.9. The van der Waals surface area contributed by atoms with Crippen LogP contribution in [0.15, 0.2) is 0 Å². The first-order chi connectivity index (χ1) is 25.8. The van der Waals surface area contributed by atoms with Crippen LogP contribution >= 0.6 is 0 Å². The fourth-order valence-electron chi connectivity index (χ4n) is 6.95. The third-order valence-corrected chi connectivity index (χ3v) is 10.5. The number of hydrogen-bond donors (Lipinski definition) is 7. The summed E-state index contributed by atoms with van der Waals surface area (Å²) in [4.78, 5) is 92.6. The molecule has 1 saturated carbocycles. The number of carbonyl (C=O) groups is 7. The van der Waals surface area contributed by atoms with Crippen LogP contribution in [0.3, 0.4) is 0 Å². The van der Waals surface area contributed by atoms with Gasteiger partial charge in [-0.25, -0.2) is 0 Å². The Balaban J connectivity index is 2.13. The smallest absolute Gasteiger partial charge is 0.325 e. The zero-order valence-corrected chi connectivity index (χ0v) is 33.4. The molecule has 6 atom stereocenters. The van der Waals surface area contributed by atoms with E-state index in [-0.39, 0.29) is 48.6 Å². The van der Waals surface area contributed by atoms with Crippen molar-refractivity contribution < 1.29 is 38.3 Å². The summed E-state index contributed by atoms with van der Waals surface area (Å²) < 4.78 is 5.78. The Morgan fingerprint density at radius 3 is 2.13 bits per heavy atom. The number of rotatable bonds is 25. The van der Waals surface area contributed by atoms with Crippen molar-refractivity contribution in [1.29, 1.82) is 0 Å². The lowest BCUT2D eigenvalue weighted by atomic mass is 9.83. The molecule has 0 aromatic carbocycles. The second kappa shape index (κ2) is 24.7. The van der Waals surface area contributed by atoms with E-state index in [9.17, 15) is 33.6 Å². The third kappa shape index (κ3) is 15.2. The topological polar surface area (TPSA) is 230 Å². The van der Waals surface area contributed by atoms with Gasteiger partial charge in [0, 0.05) is 33.2 Å². The maximum absolute atomic E-state index is 13.5. The van der Waals surface area contributed by atoms with Crippen LogP contribution < -0.4 is 37.6 Å². The van der Waals surface area contributed by atoms with Crippen LogP contribution in [0.5, 0.6) is 0 Å². The molecule has 0 aromatic rings. The molecule has 308 valence electrons. The van der Waals surface area contributed by atoms with Gasteiger partial charge in [0.2, 0.25) is 29.5 Å². The predicted octanol–water partition coefficient (Wildman–Crippen LogP) is 0.125. The van der Waals surface area contributed by atoms with E-state index in [4.69, 9.17) is 10.5 Å². The predicted molar refractivity (Wildman–Crippen MR) is 205 cm³/mol. The summed E-state index contributed by atoms with van der Waals surface area (Å²) >= 11 is 0. The molecular weight excluding hydrogens is 696 g/mol. The molecule has 2 aliphatic rings. The highest BCUT2D eigenvalue weighted by atomic mass is 16.5. The normalized spacial score (nSPS) is 18.1. The quantitative estimate of drug-likeness (QED) is 0.0375. The number of hydrogen-bond acceptors (Lipinski definition) is 11. The highest BCUT2D eigenvalue weighted by Crippen LogP contribution is 2.26. The fourth-order valence-corrected chi connectivity index (χ4v) is 6.95. The van der Waals surface area contributed by atoms with Crippen molar-refractivity contribution in [2.24, 2.45) is 29.4 Å². The highest BCUT2D eigenvalue weighted by molar-refractivity contribution is 5.94. The van der Waals surface area contributed by atoms with E-state index in [1.54, 1.807) is 21.0 Å². The maximum atomic E-state index is 13.5. The number of likely N-dealkylation sites (N-methyl/N-ethyl adjacent to an activating group) is 2. The minimum atomic E-state index is -1.31. The summed E-state index contributed by atoms with van der Waals surface area (Å²) in [5.41, 5.74) is 5.91. The zero-order chi connectivity index (χ0) is 40.2. The Morgan fingerprint density at radius 1 is 0.907 bits per heavy atom. The van der Waals surface area contributed by atoms with E-state index < -0.39 is 60.5 Å². The molecule has 1 aliphatic heterocycles. The standard InChI is InChI=1S/C38H68N8O8/c1-7-8-9-13-16-31(25(4)38(53)46(6)28(23-47)17-24(2)3)54-32(48)22-43-35(50)30(21-42-34(49)27-19-41-20-27)45-36(51)29(18-39)44-37(52)33(40-5)26-14-11-10-12-15-26/h23-31,33,40-41H,7-22,39H2,1-6H3,(H,42,49)(H,43,50)(H,44,52)(H,45,51)/t25?,28?,29?,30?,31-,33?/m0/s1. The molecule has 16 heteroatoms. The number of nitrogens with two attached hydrogens (primary N) is 1. The van der Waals surface area contributed by atoms with Crippen LogP contribution in [0.4, 0.5) is 0 Å². The van der Waals surface area contributed by atoms with Crippen molar-refractivity contribution in [3.8, 4) is 0 Å². The summed E-state index contributed by atoms with van der Waals surface area (Å²) in [6.45, 7) is 7.56. The Morgan fingerprint density at radius 2 is 1.57 bits per heavy atom. The summed E-state index contributed by atoms with van der Waals surface area (Å²) in [7, 11) is 3.27. The second-order valence-corrected chi connectivity index (χ2v) is 15.3. The van der Waals surface area contributed by atoms with Gasteiger partial charge in [-0.1, -0.05) is 66.2 Å². The van der Waals surface area contributed by atoms with E-state index in [0.29, 0.717) is 32.4 Å². The molecule has 0 spiro atoms. The largest absolute Gasteiger partial charge is 0.460 e. The molecule has 0 bridgehead atoms. The lowest BCUT2D eigenvalue weighted by molar-refractivity contribution is -0.157.